The average Bonchev–Trinajstić information content (AvgIpc) is 1.90. The van der Waals surface area contributed by atoms with Gasteiger partial charge in [0.15, 0.2) is 0 Å². The third-order valence-electron chi connectivity index (χ3n) is 1.99. The molecule has 1 heterocycles. The van der Waals surface area contributed by atoms with E-state index in [0.29, 0.717) is 5.41 Å². The van der Waals surface area contributed by atoms with Crippen molar-refractivity contribution in [1.82, 2.24) is 5.32 Å². The maximum atomic E-state index is 3.38. The Morgan fingerprint density at radius 2 is 2.20 bits per heavy atom. The van der Waals surface area contributed by atoms with Crippen molar-refractivity contribution in [2.75, 3.05) is 13.1 Å². The van der Waals surface area contributed by atoms with Crippen molar-refractivity contribution in [2.45, 2.75) is 27.2 Å². The van der Waals surface area contributed by atoms with E-state index >= 15 is 0 Å². The largest absolute Gasteiger partial charge is 0.313 e. The summed E-state index contributed by atoms with van der Waals surface area (Å²) in [5.74, 6) is 0. The minimum Gasteiger partial charge on any atom is -0.313 e. The molecule has 10 heavy (non-hydrogen) atoms. The highest BCUT2D eigenvalue weighted by Crippen LogP contribution is 2.24. The smallest absolute Gasteiger partial charge is 0.0162 e. The molecule has 0 saturated carbocycles. The fourth-order valence-electron chi connectivity index (χ4n) is 1.49. The van der Waals surface area contributed by atoms with Gasteiger partial charge in [0.2, 0.25) is 0 Å². The van der Waals surface area contributed by atoms with Gasteiger partial charge in [-0.1, -0.05) is 25.5 Å². The van der Waals surface area contributed by atoms with Crippen LogP contribution >= 0.6 is 0 Å². The third-order valence-corrected chi connectivity index (χ3v) is 1.99. The molecule has 0 radical (unpaired) electrons. The molecule has 0 unspecified atom stereocenters. The lowest BCUT2D eigenvalue weighted by molar-refractivity contribution is 0.436. The molecule has 0 atom stereocenters. The highest BCUT2D eigenvalue weighted by molar-refractivity contribution is 5.08. The molecule has 1 N–H and O–H groups in total. The maximum absolute atomic E-state index is 3.38. The van der Waals surface area contributed by atoms with E-state index in [-0.39, 0.29) is 0 Å². The molecule has 0 aliphatic carbocycles. The van der Waals surface area contributed by atoms with Gasteiger partial charge >= 0.3 is 0 Å². The Labute approximate surface area is 63.5 Å². The predicted molar refractivity (Wildman–Crippen MR) is 45.0 cm³/mol. The molecule has 1 heteroatoms. The Morgan fingerprint density at radius 3 is 2.90 bits per heavy atom. The summed E-state index contributed by atoms with van der Waals surface area (Å²) in [7, 11) is 0. The molecule has 0 aromatic carbocycles. The van der Waals surface area contributed by atoms with Crippen molar-refractivity contribution in [1.29, 1.82) is 0 Å². The van der Waals surface area contributed by atoms with E-state index in [2.05, 4.69) is 32.2 Å². The molecule has 58 valence electrons. The van der Waals surface area contributed by atoms with Crippen LogP contribution < -0.4 is 5.32 Å². The van der Waals surface area contributed by atoms with Gasteiger partial charge in [0.05, 0.1) is 0 Å². The topological polar surface area (TPSA) is 12.0 Å². The van der Waals surface area contributed by atoms with Gasteiger partial charge in [0, 0.05) is 6.54 Å². The van der Waals surface area contributed by atoms with Crippen LogP contribution in [-0.2, 0) is 0 Å². The Hall–Kier alpha value is -0.300. The molecule has 0 spiro atoms. The van der Waals surface area contributed by atoms with E-state index in [9.17, 15) is 0 Å². The van der Waals surface area contributed by atoms with Crippen molar-refractivity contribution in [3.63, 3.8) is 0 Å². The van der Waals surface area contributed by atoms with Gasteiger partial charge in [-0.05, 0) is 25.3 Å². The van der Waals surface area contributed by atoms with E-state index in [1.165, 1.54) is 12.0 Å². The second-order valence-electron chi connectivity index (χ2n) is 3.91. The van der Waals surface area contributed by atoms with Crippen molar-refractivity contribution in [2.24, 2.45) is 5.41 Å². The molecule has 0 bridgehead atoms. The third kappa shape index (κ3) is 2.14. The summed E-state index contributed by atoms with van der Waals surface area (Å²) < 4.78 is 0. The zero-order valence-corrected chi connectivity index (χ0v) is 7.20. The fraction of sp³-hybridized carbons (Fsp3) is 0.778. The Kier molecular flexibility index (Phi) is 2.14. The summed E-state index contributed by atoms with van der Waals surface area (Å²) in [5, 5.41) is 3.38. The van der Waals surface area contributed by atoms with Gasteiger partial charge in [-0.15, -0.1) is 0 Å². The van der Waals surface area contributed by atoms with E-state index in [0.717, 1.165) is 13.1 Å². The normalized spacial score (nSPS) is 25.3. The highest BCUT2D eigenvalue weighted by atomic mass is 14.9. The van der Waals surface area contributed by atoms with Gasteiger partial charge < -0.3 is 5.32 Å². The van der Waals surface area contributed by atoms with Crippen molar-refractivity contribution in [3.8, 4) is 0 Å². The SMILES string of the molecule is CC1=CC(C)(C)CCNC1. The summed E-state index contributed by atoms with van der Waals surface area (Å²) >= 11 is 0. The van der Waals surface area contributed by atoms with Crippen LogP contribution in [-0.4, -0.2) is 13.1 Å². The van der Waals surface area contributed by atoms with Crippen LogP contribution in [0.2, 0.25) is 0 Å². The van der Waals surface area contributed by atoms with Crippen LogP contribution in [0.1, 0.15) is 27.2 Å². The lowest BCUT2D eigenvalue weighted by atomic mass is 9.88. The highest BCUT2D eigenvalue weighted by Gasteiger charge is 2.16. The van der Waals surface area contributed by atoms with Crippen molar-refractivity contribution >= 4 is 0 Å². The van der Waals surface area contributed by atoms with Crippen LogP contribution in [0.5, 0.6) is 0 Å². The predicted octanol–water partition coefficient (Wildman–Crippen LogP) is 1.95. The standard InChI is InChI=1S/C9H17N/c1-8-6-9(2,3)4-5-10-7-8/h6,10H,4-5,7H2,1-3H3. The first kappa shape index (κ1) is 7.80. The molecule has 0 aromatic rings. The first-order valence-electron chi connectivity index (χ1n) is 3.99. The number of nitrogens with one attached hydrogen (secondary N) is 1. The Balaban J connectivity index is 2.67. The van der Waals surface area contributed by atoms with Crippen molar-refractivity contribution < 1.29 is 0 Å². The summed E-state index contributed by atoms with van der Waals surface area (Å²) in [6, 6.07) is 0. The minimum absolute atomic E-state index is 0.410. The molecule has 0 aromatic heterocycles. The van der Waals surface area contributed by atoms with Gasteiger partial charge in [-0.3, -0.25) is 0 Å². The van der Waals surface area contributed by atoms with Crippen LogP contribution in [0.25, 0.3) is 0 Å². The zero-order chi connectivity index (χ0) is 7.61. The van der Waals surface area contributed by atoms with Gasteiger partial charge in [0.1, 0.15) is 0 Å². The molecular weight excluding hydrogens is 122 g/mol. The lowest BCUT2D eigenvalue weighted by Crippen LogP contribution is -2.17. The molecule has 0 amide bonds. The monoisotopic (exact) mass is 139 g/mol. The molecular formula is C9H17N. The van der Waals surface area contributed by atoms with Crippen LogP contribution in [0, 0.1) is 5.41 Å². The Bertz CT molecular complexity index is 145. The van der Waals surface area contributed by atoms with E-state index in [1.807, 2.05) is 0 Å². The molecule has 1 rings (SSSR count). The summed E-state index contributed by atoms with van der Waals surface area (Å²) in [4.78, 5) is 0. The quantitative estimate of drug-likeness (QED) is 0.506. The lowest BCUT2D eigenvalue weighted by Gasteiger charge is -2.17. The van der Waals surface area contributed by atoms with Gasteiger partial charge in [-0.2, -0.15) is 0 Å². The molecule has 0 saturated heterocycles. The maximum Gasteiger partial charge on any atom is 0.0162 e. The molecule has 1 aliphatic rings. The van der Waals surface area contributed by atoms with E-state index in [1.54, 1.807) is 0 Å². The number of allylic oxidation sites excluding steroid dienone is 1. The summed E-state index contributed by atoms with van der Waals surface area (Å²) in [6.45, 7) is 9.01. The minimum atomic E-state index is 0.410. The molecule has 0 fully saturated rings. The second-order valence-corrected chi connectivity index (χ2v) is 3.91. The van der Waals surface area contributed by atoms with Gasteiger partial charge in [-0.25, -0.2) is 0 Å². The van der Waals surface area contributed by atoms with Crippen LogP contribution in [0.4, 0.5) is 0 Å². The first-order valence-corrected chi connectivity index (χ1v) is 3.99. The number of hydrogen-bond acceptors (Lipinski definition) is 1. The van der Waals surface area contributed by atoms with Crippen LogP contribution in [0.3, 0.4) is 0 Å². The second kappa shape index (κ2) is 2.75. The number of rotatable bonds is 0. The zero-order valence-electron chi connectivity index (χ0n) is 7.20. The first-order chi connectivity index (χ1) is 4.60. The summed E-state index contributed by atoms with van der Waals surface area (Å²) in [6.07, 6.45) is 3.64. The average molecular weight is 139 g/mol. The summed E-state index contributed by atoms with van der Waals surface area (Å²) in [5.41, 5.74) is 1.88. The Morgan fingerprint density at radius 1 is 1.50 bits per heavy atom. The van der Waals surface area contributed by atoms with E-state index in [4.69, 9.17) is 0 Å². The van der Waals surface area contributed by atoms with Crippen LogP contribution in [0.15, 0.2) is 11.6 Å². The van der Waals surface area contributed by atoms with Gasteiger partial charge in [0.25, 0.3) is 0 Å². The molecule has 1 nitrogen and oxygen atoms in total. The fourth-order valence-corrected chi connectivity index (χ4v) is 1.49. The van der Waals surface area contributed by atoms with E-state index < -0.39 is 0 Å². The number of hydrogen-bond donors (Lipinski definition) is 1. The van der Waals surface area contributed by atoms with Crippen molar-refractivity contribution in [3.05, 3.63) is 11.6 Å². The molecule has 1 aliphatic heterocycles.